The minimum absolute atomic E-state index is 0.0528. The number of nitrogens with zero attached hydrogens (tertiary/aromatic N) is 3. The Morgan fingerprint density at radius 1 is 1.05 bits per heavy atom. The van der Waals surface area contributed by atoms with E-state index in [0.717, 1.165) is 5.56 Å². The van der Waals surface area contributed by atoms with Gasteiger partial charge in [0.25, 0.3) is 17.6 Å². The number of aromatic nitrogens is 1. The average Bonchev–Trinajstić information content (AvgIpc) is 3.30. The summed E-state index contributed by atoms with van der Waals surface area (Å²) in [6.07, 6.45) is 1.49. The molecule has 1 aliphatic rings. The summed E-state index contributed by atoms with van der Waals surface area (Å²) in [5.74, 6) is -1.37. The fourth-order valence-electron chi connectivity index (χ4n) is 5.06. The third-order valence-electron chi connectivity index (χ3n) is 7.22. The number of aromatic amines is 1. The number of hydrogen-bond acceptors (Lipinski definition) is 5. The molecule has 1 unspecified atom stereocenters. The quantitative estimate of drug-likeness (QED) is 0.404. The molecule has 0 radical (unpaired) electrons. The van der Waals surface area contributed by atoms with Gasteiger partial charge in [0.05, 0.1) is 18.2 Å². The molecular weight excluding hydrogens is 475 g/mol. The number of amides is 2. The Balaban J connectivity index is 1.62. The van der Waals surface area contributed by atoms with Crippen molar-refractivity contribution >= 4 is 28.5 Å². The normalized spacial score (nSPS) is 19.1. The molecule has 2 amide bonds. The molecule has 2 aromatic carbocycles. The third kappa shape index (κ3) is 4.96. The molecule has 0 spiro atoms. The van der Waals surface area contributed by atoms with Gasteiger partial charge in [-0.25, -0.2) is 4.39 Å². The van der Waals surface area contributed by atoms with Crippen LogP contribution in [0, 0.1) is 5.82 Å². The molecule has 0 aliphatic carbocycles. The Kier molecular flexibility index (Phi) is 7.36. The maximum Gasteiger partial charge on any atom is 0.294 e. The molecule has 196 valence electrons. The minimum atomic E-state index is -0.648. The Labute approximate surface area is 216 Å². The zero-order chi connectivity index (χ0) is 27.0. The van der Waals surface area contributed by atoms with Crippen molar-refractivity contribution in [2.75, 3.05) is 34.3 Å². The van der Waals surface area contributed by atoms with Crippen LogP contribution in [0.2, 0.25) is 0 Å². The molecule has 9 heteroatoms. The fraction of sp³-hybridized carbons (Fsp3) is 0.393. The van der Waals surface area contributed by atoms with Gasteiger partial charge in [0.2, 0.25) is 0 Å². The summed E-state index contributed by atoms with van der Waals surface area (Å²) in [5.41, 5.74) is 2.16. The molecule has 1 saturated heterocycles. The molecule has 0 saturated carbocycles. The van der Waals surface area contributed by atoms with Crippen LogP contribution in [0.5, 0.6) is 5.75 Å². The number of methoxy groups -OCH3 is 1. The molecule has 2 heterocycles. The van der Waals surface area contributed by atoms with Gasteiger partial charge in [-0.2, -0.15) is 0 Å². The first-order chi connectivity index (χ1) is 17.5. The van der Waals surface area contributed by atoms with Crippen LogP contribution in [0.1, 0.15) is 53.1 Å². The molecule has 1 aliphatic heterocycles. The van der Waals surface area contributed by atoms with Gasteiger partial charge in [-0.3, -0.25) is 19.3 Å². The second-order valence-electron chi connectivity index (χ2n) is 9.91. The number of piperazine rings is 1. The lowest BCUT2D eigenvalue weighted by Gasteiger charge is -2.46. The van der Waals surface area contributed by atoms with Crippen LogP contribution < -0.4 is 4.74 Å². The zero-order valence-electron chi connectivity index (χ0n) is 22.0. The maximum atomic E-state index is 13.8. The highest BCUT2D eigenvalue weighted by Gasteiger charge is 2.36. The first kappa shape index (κ1) is 26.3. The predicted molar refractivity (Wildman–Crippen MR) is 139 cm³/mol. The molecule has 3 aromatic rings. The maximum absolute atomic E-state index is 13.8. The molecule has 1 fully saturated rings. The molecule has 4 rings (SSSR count). The van der Waals surface area contributed by atoms with Gasteiger partial charge in [0.15, 0.2) is 0 Å². The van der Waals surface area contributed by atoms with E-state index in [2.05, 4.69) is 23.7 Å². The summed E-state index contributed by atoms with van der Waals surface area (Å²) in [5, 5.41) is 0.494. The molecule has 1 N–H and O–H groups in total. The summed E-state index contributed by atoms with van der Waals surface area (Å²) in [6, 6.07) is 9.85. The molecule has 8 nitrogen and oxygen atoms in total. The topological polar surface area (TPSA) is 85.9 Å². The van der Waals surface area contributed by atoms with Crippen LogP contribution in [0.3, 0.4) is 0 Å². The number of carbonyl (C=O) groups excluding carboxylic acids is 3. The highest BCUT2D eigenvalue weighted by molar-refractivity contribution is 6.44. The van der Waals surface area contributed by atoms with Crippen LogP contribution in [-0.2, 0) is 4.79 Å². The summed E-state index contributed by atoms with van der Waals surface area (Å²) in [4.78, 5) is 47.3. The number of nitrogens with one attached hydrogen (secondary N) is 1. The van der Waals surface area contributed by atoms with E-state index in [1.165, 1.54) is 44.4 Å². The summed E-state index contributed by atoms with van der Waals surface area (Å²) >= 11 is 0. The van der Waals surface area contributed by atoms with E-state index in [4.69, 9.17) is 4.74 Å². The van der Waals surface area contributed by atoms with Gasteiger partial charge in [0, 0.05) is 68.5 Å². The van der Waals surface area contributed by atoms with Crippen molar-refractivity contribution in [1.29, 1.82) is 0 Å². The molecule has 1 aromatic heterocycles. The minimum Gasteiger partial charge on any atom is -0.496 e. The van der Waals surface area contributed by atoms with E-state index >= 15 is 0 Å². The summed E-state index contributed by atoms with van der Waals surface area (Å²) < 4.78 is 18.9. The van der Waals surface area contributed by atoms with E-state index in [-0.39, 0.29) is 35.4 Å². The SMILES string of the molecule is COc1cc2[nH]cc(C(=O)C(=O)N(C)C)c2cc1C(=O)N1C[C@H](C)N(C(C)c2ccc(F)cc2)C[C@H]1C. The van der Waals surface area contributed by atoms with Gasteiger partial charge in [-0.05, 0) is 44.5 Å². The lowest BCUT2D eigenvalue weighted by Crippen LogP contribution is -2.58. The predicted octanol–water partition coefficient (Wildman–Crippen LogP) is 3.88. The van der Waals surface area contributed by atoms with Crippen LogP contribution in [0.25, 0.3) is 10.9 Å². The molecular formula is C28H33FN4O4. The number of carbonyl (C=O) groups is 3. The van der Waals surface area contributed by atoms with Crippen LogP contribution in [0.4, 0.5) is 4.39 Å². The summed E-state index contributed by atoms with van der Waals surface area (Å²) in [6.45, 7) is 7.29. The third-order valence-corrected chi connectivity index (χ3v) is 7.22. The number of likely N-dealkylation sites (N-methyl/N-ethyl adjacent to an activating group) is 1. The van der Waals surface area contributed by atoms with Crippen LogP contribution in [-0.4, -0.2) is 83.7 Å². The second kappa shape index (κ2) is 10.3. The Morgan fingerprint density at radius 2 is 1.73 bits per heavy atom. The number of ketones is 1. The van der Waals surface area contributed by atoms with Gasteiger partial charge in [0.1, 0.15) is 11.6 Å². The highest BCUT2D eigenvalue weighted by atomic mass is 19.1. The van der Waals surface area contributed by atoms with Crippen molar-refractivity contribution in [1.82, 2.24) is 19.7 Å². The zero-order valence-corrected chi connectivity index (χ0v) is 22.0. The number of ether oxygens (including phenoxy) is 1. The largest absolute Gasteiger partial charge is 0.496 e. The smallest absolute Gasteiger partial charge is 0.294 e. The lowest BCUT2D eigenvalue weighted by molar-refractivity contribution is -0.124. The Bertz CT molecular complexity index is 1330. The lowest BCUT2D eigenvalue weighted by atomic mass is 9.99. The first-order valence-electron chi connectivity index (χ1n) is 12.3. The molecule has 0 bridgehead atoms. The van der Waals surface area contributed by atoms with E-state index in [0.29, 0.717) is 35.3 Å². The van der Waals surface area contributed by atoms with Crippen molar-refractivity contribution in [2.24, 2.45) is 0 Å². The van der Waals surface area contributed by atoms with Gasteiger partial charge in [-0.15, -0.1) is 0 Å². The first-order valence-corrected chi connectivity index (χ1v) is 12.3. The number of halogens is 1. The second-order valence-corrected chi connectivity index (χ2v) is 9.91. The van der Waals surface area contributed by atoms with Gasteiger partial charge in [-0.1, -0.05) is 12.1 Å². The molecule has 3 atom stereocenters. The van der Waals surface area contributed by atoms with Gasteiger partial charge < -0.3 is 19.5 Å². The van der Waals surface area contributed by atoms with Gasteiger partial charge >= 0.3 is 0 Å². The molecule has 37 heavy (non-hydrogen) atoms. The Hall–Kier alpha value is -3.72. The van der Waals surface area contributed by atoms with E-state index in [1.54, 1.807) is 24.3 Å². The van der Waals surface area contributed by atoms with Crippen molar-refractivity contribution in [2.45, 2.75) is 38.9 Å². The van der Waals surface area contributed by atoms with E-state index < -0.39 is 11.7 Å². The van der Waals surface area contributed by atoms with Crippen LogP contribution in [0.15, 0.2) is 42.6 Å². The number of fused-ring (bicyclic) bond motifs is 1. The average molecular weight is 509 g/mol. The number of benzene rings is 2. The Morgan fingerprint density at radius 3 is 2.35 bits per heavy atom. The summed E-state index contributed by atoms with van der Waals surface area (Å²) in [7, 11) is 4.54. The van der Waals surface area contributed by atoms with E-state index in [1.807, 2.05) is 11.8 Å². The van der Waals surface area contributed by atoms with Crippen molar-refractivity contribution < 1.29 is 23.5 Å². The fourth-order valence-corrected chi connectivity index (χ4v) is 5.06. The van der Waals surface area contributed by atoms with Crippen molar-refractivity contribution in [3.63, 3.8) is 0 Å². The number of H-pyrrole nitrogens is 1. The van der Waals surface area contributed by atoms with Crippen LogP contribution >= 0.6 is 0 Å². The standard InChI is InChI=1S/C28H33FN4O4/c1-16-15-33(17(2)14-32(16)18(3)19-7-9-20(29)10-8-19)27(35)22-11-21-23(26(34)28(36)31(4)5)13-30-24(21)12-25(22)37-6/h7-13,16-18,30H,14-15H2,1-6H3/t16-,17+,18?/m0/s1. The van der Waals surface area contributed by atoms with Crippen molar-refractivity contribution in [3.8, 4) is 5.75 Å². The van der Waals surface area contributed by atoms with E-state index in [9.17, 15) is 18.8 Å². The number of hydrogen-bond donors (Lipinski definition) is 1. The highest BCUT2D eigenvalue weighted by Crippen LogP contribution is 2.32. The monoisotopic (exact) mass is 508 g/mol. The number of rotatable bonds is 6. The number of Topliss-reactive ketones (excluding diaryl/α,β-unsaturated/α-hetero) is 1. The van der Waals surface area contributed by atoms with Crippen molar-refractivity contribution in [3.05, 3.63) is 65.1 Å².